The van der Waals surface area contributed by atoms with E-state index in [0.29, 0.717) is 35.5 Å². The van der Waals surface area contributed by atoms with Crippen molar-refractivity contribution in [1.82, 2.24) is 29.9 Å². The molecular formula is C25H38N8O2. The molecule has 10 nitrogen and oxygen atoms in total. The molecule has 0 bridgehead atoms. The Balaban J connectivity index is 1.44. The van der Waals surface area contributed by atoms with Crippen molar-refractivity contribution in [3.63, 3.8) is 0 Å². The average Bonchev–Trinajstić information content (AvgIpc) is 3.16. The zero-order chi connectivity index (χ0) is 24.8. The molecule has 1 saturated heterocycles. The van der Waals surface area contributed by atoms with Crippen molar-refractivity contribution in [2.75, 3.05) is 49.5 Å². The molecule has 4 rings (SSSR count). The lowest BCUT2D eigenvalue weighted by atomic mass is 10.0. The first-order chi connectivity index (χ1) is 17.0. The number of nitrogens with zero attached hydrogens (tertiary/aromatic N) is 6. The fraction of sp³-hybridized carbons (Fsp3) is 0.600. The van der Waals surface area contributed by atoms with Crippen molar-refractivity contribution in [1.29, 1.82) is 0 Å². The van der Waals surface area contributed by atoms with E-state index in [-0.39, 0.29) is 11.9 Å². The number of fused-ring (bicyclic) bond motifs is 2. The summed E-state index contributed by atoms with van der Waals surface area (Å²) < 4.78 is 1.48. The summed E-state index contributed by atoms with van der Waals surface area (Å²) in [4.78, 5) is 37.2. The number of nitrogens with one attached hydrogen (secondary N) is 2. The van der Waals surface area contributed by atoms with E-state index in [1.54, 1.807) is 25.4 Å². The molecule has 10 heteroatoms. The van der Waals surface area contributed by atoms with Gasteiger partial charge in [-0.15, -0.1) is 0 Å². The van der Waals surface area contributed by atoms with E-state index in [1.807, 2.05) is 0 Å². The second-order valence-corrected chi connectivity index (χ2v) is 9.38. The van der Waals surface area contributed by atoms with Gasteiger partial charge in [-0.3, -0.25) is 14.4 Å². The molecule has 0 spiro atoms. The summed E-state index contributed by atoms with van der Waals surface area (Å²) in [6, 6.07) is 3.69. The fourth-order valence-electron chi connectivity index (χ4n) is 5.20. The second-order valence-electron chi connectivity index (χ2n) is 9.38. The van der Waals surface area contributed by atoms with Gasteiger partial charge in [0.2, 0.25) is 0 Å². The van der Waals surface area contributed by atoms with Crippen molar-refractivity contribution in [3.8, 4) is 0 Å². The number of hydrogen-bond donors (Lipinski definition) is 2. The average molecular weight is 483 g/mol. The van der Waals surface area contributed by atoms with Crippen LogP contribution in [0.15, 0.2) is 24.5 Å². The van der Waals surface area contributed by atoms with Crippen molar-refractivity contribution >= 4 is 29.1 Å². The molecule has 3 amide bonds. The van der Waals surface area contributed by atoms with E-state index in [1.165, 1.54) is 47.9 Å². The van der Waals surface area contributed by atoms with Gasteiger partial charge >= 0.3 is 6.03 Å². The minimum absolute atomic E-state index is 0.315. The number of aromatic nitrogens is 3. The lowest BCUT2D eigenvalue weighted by Crippen LogP contribution is -2.50. The van der Waals surface area contributed by atoms with Gasteiger partial charge in [0.1, 0.15) is 5.69 Å². The van der Waals surface area contributed by atoms with Gasteiger partial charge in [0.15, 0.2) is 11.5 Å². The smallest absolute Gasteiger partial charge is 0.327 e. The lowest BCUT2D eigenvalue weighted by Gasteiger charge is -2.39. The van der Waals surface area contributed by atoms with Crippen LogP contribution in [-0.2, 0) is 7.05 Å². The molecule has 35 heavy (non-hydrogen) atoms. The summed E-state index contributed by atoms with van der Waals surface area (Å²) in [5.41, 5.74) is 1.23. The minimum Gasteiger partial charge on any atom is -0.336 e. The number of carbonyl (C=O) groups excluding carboxylic acids is 2. The lowest BCUT2D eigenvalue weighted by molar-refractivity contribution is 0.101. The molecule has 2 aromatic heterocycles. The van der Waals surface area contributed by atoms with E-state index in [0.717, 1.165) is 32.7 Å². The number of hydrogen-bond acceptors (Lipinski definition) is 6. The van der Waals surface area contributed by atoms with E-state index in [4.69, 9.17) is 0 Å². The summed E-state index contributed by atoms with van der Waals surface area (Å²) in [6.07, 6.45) is 9.15. The number of aryl methyl sites for hydroxylation is 1. The highest BCUT2D eigenvalue weighted by Gasteiger charge is 2.33. The predicted octanol–water partition coefficient (Wildman–Crippen LogP) is 3.21. The Morgan fingerprint density at radius 3 is 2.83 bits per heavy atom. The van der Waals surface area contributed by atoms with Gasteiger partial charge in [-0.05, 0) is 57.5 Å². The van der Waals surface area contributed by atoms with E-state index >= 15 is 0 Å². The third-order valence-corrected chi connectivity index (χ3v) is 6.80. The Kier molecular flexibility index (Phi) is 8.35. The first-order valence-corrected chi connectivity index (χ1v) is 12.9. The fourth-order valence-corrected chi connectivity index (χ4v) is 5.20. The first-order valence-electron chi connectivity index (χ1n) is 12.9. The highest BCUT2D eigenvalue weighted by Crippen LogP contribution is 2.35. The molecule has 0 radical (unpaired) electrons. The molecule has 0 saturated carbocycles. The van der Waals surface area contributed by atoms with Crippen LogP contribution < -0.4 is 15.5 Å². The van der Waals surface area contributed by atoms with Gasteiger partial charge in [-0.2, -0.15) is 5.10 Å². The number of anilines is 3. The molecule has 0 aliphatic carbocycles. The number of urea groups is 1. The van der Waals surface area contributed by atoms with Crippen LogP contribution in [0.3, 0.4) is 0 Å². The van der Waals surface area contributed by atoms with Crippen LogP contribution in [0.2, 0.25) is 0 Å². The molecule has 1 unspecified atom stereocenters. The van der Waals surface area contributed by atoms with Crippen LogP contribution in [0.5, 0.6) is 0 Å². The maximum Gasteiger partial charge on any atom is 0.327 e. The third-order valence-electron chi connectivity index (χ3n) is 6.80. The number of amides is 3. The third kappa shape index (κ3) is 5.65. The maximum atomic E-state index is 13.4. The van der Waals surface area contributed by atoms with E-state index in [2.05, 4.69) is 44.4 Å². The molecule has 4 heterocycles. The zero-order valence-corrected chi connectivity index (χ0v) is 21.2. The second kappa shape index (κ2) is 11.6. The summed E-state index contributed by atoms with van der Waals surface area (Å²) >= 11 is 0. The van der Waals surface area contributed by atoms with Gasteiger partial charge in [-0.25, -0.2) is 14.7 Å². The van der Waals surface area contributed by atoms with Gasteiger partial charge < -0.3 is 15.5 Å². The van der Waals surface area contributed by atoms with Crippen molar-refractivity contribution in [2.24, 2.45) is 7.05 Å². The van der Waals surface area contributed by atoms with Crippen molar-refractivity contribution in [3.05, 3.63) is 30.2 Å². The van der Waals surface area contributed by atoms with E-state index < -0.39 is 0 Å². The Morgan fingerprint density at radius 2 is 2.06 bits per heavy atom. The summed E-state index contributed by atoms with van der Waals surface area (Å²) in [5.74, 6) is 0.0696. The monoisotopic (exact) mass is 482 g/mol. The number of pyridine rings is 1. The number of rotatable bonds is 9. The first kappa shape index (κ1) is 25.1. The SMILES string of the molecule is CCCN(CCC)CC1CCCCN1CCNC(=O)N1c2cnn(C)c2C(=O)Nc2cccnc21. The van der Waals surface area contributed by atoms with Crippen molar-refractivity contribution in [2.45, 2.75) is 52.0 Å². The molecule has 2 N–H and O–H groups in total. The highest BCUT2D eigenvalue weighted by molar-refractivity contribution is 6.15. The summed E-state index contributed by atoms with van der Waals surface area (Å²) in [7, 11) is 1.69. The Labute approximate surface area is 207 Å². The van der Waals surface area contributed by atoms with Gasteiger partial charge in [0, 0.05) is 38.9 Å². The van der Waals surface area contributed by atoms with Crippen molar-refractivity contribution < 1.29 is 9.59 Å². The molecular weight excluding hydrogens is 444 g/mol. The number of likely N-dealkylation sites (tertiary alicyclic amines) is 1. The number of carbonyl (C=O) groups is 2. The standard InChI is InChI=1S/C25H38N8O2/c1-4-13-31(14-5-2)18-19-9-6-7-15-32(19)16-12-27-25(35)33-21-17-28-30(3)22(21)24(34)29-20-10-8-11-26-23(20)33/h8,10-11,17,19H,4-7,9,12-16,18H2,1-3H3,(H,27,35)(H,29,34). The summed E-state index contributed by atoms with van der Waals surface area (Å²) in [6.45, 7) is 10.2. The Hall–Kier alpha value is -2.98. The van der Waals surface area contributed by atoms with Crippen LogP contribution >= 0.6 is 0 Å². The summed E-state index contributed by atoms with van der Waals surface area (Å²) in [5, 5.41) is 10.1. The zero-order valence-electron chi connectivity index (χ0n) is 21.2. The molecule has 1 atom stereocenters. The molecule has 190 valence electrons. The molecule has 2 aliphatic rings. The normalized spacial score (nSPS) is 18.1. The largest absolute Gasteiger partial charge is 0.336 e. The highest BCUT2D eigenvalue weighted by atomic mass is 16.2. The van der Waals surface area contributed by atoms with Crippen LogP contribution in [0.1, 0.15) is 56.4 Å². The predicted molar refractivity (Wildman–Crippen MR) is 137 cm³/mol. The molecule has 2 aromatic rings. The Bertz CT molecular complexity index is 1020. The van der Waals surface area contributed by atoms with Crippen LogP contribution in [0, 0.1) is 0 Å². The Morgan fingerprint density at radius 1 is 1.26 bits per heavy atom. The topological polar surface area (TPSA) is 98.6 Å². The van der Waals surface area contributed by atoms with Crippen LogP contribution in [0.25, 0.3) is 0 Å². The van der Waals surface area contributed by atoms with Crippen LogP contribution in [0.4, 0.5) is 22.0 Å². The van der Waals surface area contributed by atoms with Gasteiger partial charge in [0.25, 0.3) is 5.91 Å². The molecule has 0 aromatic carbocycles. The number of piperidine rings is 1. The minimum atomic E-state index is -0.317. The quantitative estimate of drug-likeness (QED) is 0.570. The molecule has 2 aliphatic heterocycles. The van der Waals surface area contributed by atoms with Gasteiger partial charge in [-0.1, -0.05) is 20.3 Å². The van der Waals surface area contributed by atoms with Crippen LogP contribution in [-0.4, -0.2) is 81.8 Å². The van der Waals surface area contributed by atoms with E-state index in [9.17, 15) is 9.59 Å². The maximum absolute atomic E-state index is 13.4. The molecule has 1 fully saturated rings. The van der Waals surface area contributed by atoms with Gasteiger partial charge in [0.05, 0.1) is 11.9 Å².